The van der Waals surface area contributed by atoms with Gasteiger partial charge in [0.1, 0.15) is 0 Å². The zero-order valence-corrected chi connectivity index (χ0v) is 10.8. The third-order valence-corrected chi connectivity index (χ3v) is 3.39. The number of hydrogen-bond acceptors (Lipinski definition) is 4. The lowest BCUT2D eigenvalue weighted by Gasteiger charge is -2.05. The van der Waals surface area contributed by atoms with Crippen LogP contribution in [0.2, 0.25) is 0 Å². The lowest BCUT2D eigenvalue weighted by Crippen LogP contribution is -2.29. The van der Waals surface area contributed by atoms with Crippen LogP contribution in [-0.4, -0.2) is 23.8 Å². The average molecular weight is 262 g/mol. The normalized spacial score (nSPS) is 10.6. The highest BCUT2D eigenvalue weighted by molar-refractivity contribution is 7.07. The van der Waals surface area contributed by atoms with E-state index in [0.717, 1.165) is 12.0 Å². The second-order valence-corrected chi connectivity index (χ2v) is 4.83. The molecular formula is C13H15BO3S. The molecule has 1 aromatic heterocycles. The fourth-order valence-corrected chi connectivity index (χ4v) is 2.30. The van der Waals surface area contributed by atoms with E-state index in [0.29, 0.717) is 18.7 Å². The summed E-state index contributed by atoms with van der Waals surface area (Å²) >= 11 is 1.70. The van der Waals surface area contributed by atoms with Crippen LogP contribution >= 0.6 is 11.3 Å². The van der Waals surface area contributed by atoms with Gasteiger partial charge in [-0.3, -0.25) is 0 Å². The standard InChI is InChI=1S/C13H15BO3S/c15-14(16)13-3-1-11(2-4-13)9-17-7-5-12-6-8-18-10-12/h1-4,6,8,10,15-16H,5,7,9H2. The third kappa shape index (κ3) is 3.96. The molecule has 0 radical (unpaired) electrons. The molecule has 0 unspecified atom stereocenters. The van der Waals surface area contributed by atoms with E-state index < -0.39 is 7.12 Å². The summed E-state index contributed by atoms with van der Waals surface area (Å²) in [5.41, 5.74) is 2.83. The van der Waals surface area contributed by atoms with Crippen molar-refractivity contribution in [1.29, 1.82) is 0 Å². The predicted octanol–water partition coefficient (Wildman–Crippen LogP) is 1.19. The number of benzene rings is 1. The maximum Gasteiger partial charge on any atom is 0.488 e. The van der Waals surface area contributed by atoms with Gasteiger partial charge in [0.05, 0.1) is 13.2 Å². The first kappa shape index (κ1) is 13.3. The highest BCUT2D eigenvalue weighted by Crippen LogP contribution is 2.07. The first-order valence-corrected chi connectivity index (χ1v) is 6.74. The molecule has 5 heteroatoms. The van der Waals surface area contributed by atoms with Crippen LogP contribution < -0.4 is 5.46 Å². The van der Waals surface area contributed by atoms with Crippen molar-refractivity contribution in [3.05, 3.63) is 52.2 Å². The molecule has 0 bridgehead atoms. The second kappa shape index (κ2) is 6.71. The van der Waals surface area contributed by atoms with E-state index in [1.165, 1.54) is 5.56 Å². The lowest BCUT2D eigenvalue weighted by molar-refractivity contribution is 0.124. The fourth-order valence-electron chi connectivity index (χ4n) is 1.60. The molecule has 0 saturated carbocycles. The largest absolute Gasteiger partial charge is 0.488 e. The molecule has 18 heavy (non-hydrogen) atoms. The van der Waals surface area contributed by atoms with E-state index in [1.54, 1.807) is 23.5 Å². The number of hydrogen-bond donors (Lipinski definition) is 2. The van der Waals surface area contributed by atoms with E-state index >= 15 is 0 Å². The van der Waals surface area contributed by atoms with Crippen molar-refractivity contribution >= 4 is 23.9 Å². The summed E-state index contributed by atoms with van der Waals surface area (Å²) in [6.07, 6.45) is 0.928. The van der Waals surface area contributed by atoms with Crippen LogP contribution in [0, 0.1) is 0 Å². The zero-order chi connectivity index (χ0) is 12.8. The van der Waals surface area contributed by atoms with Crippen LogP contribution in [0.3, 0.4) is 0 Å². The third-order valence-electron chi connectivity index (χ3n) is 2.66. The molecule has 0 fully saturated rings. The van der Waals surface area contributed by atoms with E-state index in [1.807, 2.05) is 12.1 Å². The van der Waals surface area contributed by atoms with Crippen LogP contribution in [0.5, 0.6) is 0 Å². The summed E-state index contributed by atoms with van der Waals surface area (Å²) in [6, 6.07) is 9.19. The van der Waals surface area contributed by atoms with Crippen LogP contribution in [0.1, 0.15) is 11.1 Å². The Kier molecular flexibility index (Phi) is 4.95. The predicted molar refractivity (Wildman–Crippen MR) is 73.9 cm³/mol. The summed E-state index contributed by atoms with van der Waals surface area (Å²) in [4.78, 5) is 0. The van der Waals surface area contributed by atoms with Gasteiger partial charge in [0, 0.05) is 0 Å². The van der Waals surface area contributed by atoms with Gasteiger partial charge in [-0.1, -0.05) is 24.3 Å². The summed E-state index contributed by atoms with van der Waals surface area (Å²) < 4.78 is 5.57. The monoisotopic (exact) mass is 262 g/mol. The molecule has 0 aliphatic carbocycles. The van der Waals surface area contributed by atoms with E-state index in [4.69, 9.17) is 14.8 Å². The summed E-state index contributed by atoms with van der Waals surface area (Å²) in [5, 5.41) is 22.1. The molecule has 0 saturated heterocycles. The van der Waals surface area contributed by atoms with Crippen molar-refractivity contribution in [2.75, 3.05) is 6.61 Å². The van der Waals surface area contributed by atoms with Crippen molar-refractivity contribution in [2.45, 2.75) is 13.0 Å². The van der Waals surface area contributed by atoms with Crippen molar-refractivity contribution in [1.82, 2.24) is 0 Å². The smallest absolute Gasteiger partial charge is 0.423 e. The van der Waals surface area contributed by atoms with Crippen LogP contribution in [0.25, 0.3) is 0 Å². The Balaban J connectivity index is 1.73. The minimum Gasteiger partial charge on any atom is -0.423 e. The number of thiophene rings is 1. The molecule has 2 rings (SSSR count). The maximum atomic E-state index is 8.96. The van der Waals surface area contributed by atoms with Gasteiger partial charge in [-0.15, -0.1) is 0 Å². The van der Waals surface area contributed by atoms with Crippen LogP contribution in [-0.2, 0) is 17.8 Å². The minimum atomic E-state index is -1.40. The molecule has 0 amide bonds. The molecule has 2 aromatic rings. The maximum absolute atomic E-state index is 8.96. The quantitative estimate of drug-likeness (QED) is 0.607. The Morgan fingerprint density at radius 3 is 2.44 bits per heavy atom. The van der Waals surface area contributed by atoms with Gasteiger partial charge in [0.25, 0.3) is 0 Å². The number of ether oxygens (including phenoxy) is 1. The zero-order valence-electron chi connectivity index (χ0n) is 9.95. The first-order chi connectivity index (χ1) is 8.75. The number of rotatable bonds is 6. The molecule has 1 aromatic carbocycles. The SMILES string of the molecule is OB(O)c1ccc(COCCc2ccsc2)cc1. The second-order valence-electron chi connectivity index (χ2n) is 4.05. The van der Waals surface area contributed by atoms with Crippen molar-refractivity contribution in [3.8, 4) is 0 Å². The Bertz CT molecular complexity index is 454. The van der Waals surface area contributed by atoms with Gasteiger partial charge in [0.2, 0.25) is 0 Å². The lowest BCUT2D eigenvalue weighted by atomic mass is 9.80. The van der Waals surface area contributed by atoms with Gasteiger partial charge >= 0.3 is 7.12 Å². The Morgan fingerprint density at radius 2 is 1.83 bits per heavy atom. The summed E-state index contributed by atoms with van der Waals surface area (Å²) in [6.45, 7) is 1.24. The minimum absolute atomic E-state index is 0.497. The molecule has 94 valence electrons. The van der Waals surface area contributed by atoms with E-state index in [-0.39, 0.29) is 0 Å². The molecule has 0 spiro atoms. The molecule has 2 N–H and O–H groups in total. The fraction of sp³-hybridized carbons (Fsp3) is 0.231. The van der Waals surface area contributed by atoms with Crippen molar-refractivity contribution < 1.29 is 14.8 Å². The van der Waals surface area contributed by atoms with E-state index in [2.05, 4.69) is 16.8 Å². The topological polar surface area (TPSA) is 49.7 Å². The van der Waals surface area contributed by atoms with Gasteiger partial charge in [-0.05, 0) is 39.8 Å². The van der Waals surface area contributed by atoms with Gasteiger partial charge in [-0.2, -0.15) is 11.3 Å². The molecule has 0 aliphatic heterocycles. The molecule has 1 heterocycles. The summed E-state index contributed by atoms with van der Waals surface area (Å²) in [5.74, 6) is 0. The Labute approximate surface area is 111 Å². The molecule has 3 nitrogen and oxygen atoms in total. The first-order valence-electron chi connectivity index (χ1n) is 5.79. The van der Waals surface area contributed by atoms with Crippen LogP contribution in [0.15, 0.2) is 41.1 Å². The average Bonchev–Trinajstić information content (AvgIpc) is 2.88. The molecular weight excluding hydrogens is 247 g/mol. The van der Waals surface area contributed by atoms with E-state index in [9.17, 15) is 0 Å². The Morgan fingerprint density at radius 1 is 1.06 bits per heavy atom. The Hall–Kier alpha value is -1.14. The summed E-state index contributed by atoms with van der Waals surface area (Å²) in [7, 11) is -1.40. The van der Waals surface area contributed by atoms with Crippen molar-refractivity contribution in [3.63, 3.8) is 0 Å². The van der Waals surface area contributed by atoms with Crippen molar-refractivity contribution in [2.24, 2.45) is 0 Å². The van der Waals surface area contributed by atoms with Gasteiger partial charge < -0.3 is 14.8 Å². The molecule has 0 atom stereocenters. The highest BCUT2D eigenvalue weighted by Gasteiger charge is 2.09. The van der Waals surface area contributed by atoms with Gasteiger partial charge in [-0.25, -0.2) is 0 Å². The van der Waals surface area contributed by atoms with Gasteiger partial charge in [0.15, 0.2) is 0 Å². The highest BCUT2D eigenvalue weighted by atomic mass is 32.1. The van der Waals surface area contributed by atoms with Crippen LogP contribution in [0.4, 0.5) is 0 Å². The molecule has 0 aliphatic rings.